The summed E-state index contributed by atoms with van der Waals surface area (Å²) in [7, 11) is 0. The Morgan fingerprint density at radius 1 is 1.77 bits per heavy atom. The Balaban J connectivity index is 2.16. The molecule has 0 saturated carbocycles. The minimum Gasteiger partial charge on any atom is -0.378 e. The quantitative estimate of drug-likeness (QED) is 0.545. The van der Waals surface area contributed by atoms with Crippen LogP contribution in [0.4, 0.5) is 0 Å². The van der Waals surface area contributed by atoms with E-state index in [4.69, 9.17) is 4.74 Å². The summed E-state index contributed by atoms with van der Waals surface area (Å²) in [5, 5.41) is 5.93. The summed E-state index contributed by atoms with van der Waals surface area (Å²) >= 11 is 0. The van der Waals surface area contributed by atoms with Gasteiger partial charge in [-0.05, 0) is 12.8 Å². The van der Waals surface area contributed by atoms with Crippen LogP contribution in [0, 0.1) is 11.8 Å². The van der Waals surface area contributed by atoms with Gasteiger partial charge in [-0.1, -0.05) is 5.92 Å². The average Bonchev–Trinajstić information content (AvgIpc) is 2.17. The lowest BCUT2D eigenvalue weighted by Gasteiger charge is -2.23. The number of amides is 1. The lowest BCUT2D eigenvalue weighted by Crippen LogP contribution is -2.48. The predicted octanol–water partition coefficient (Wildman–Crippen LogP) is -0.886. The summed E-state index contributed by atoms with van der Waals surface area (Å²) in [6.45, 7) is 4.47. The molecular formula is C9H14N2O2. The summed E-state index contributed by atoms with van der Waals surface area (Å²) in [4.78, 5) is 10.9. The third-order valence-electron chi connectivity index (χ3n) is 1.75. The van der Waals surface area contributed by atoms with Gasteiger partial charge in [-0.25, -0.2) is 0 Å². The molecule has 2 N–H and O–H groups in total. The molecule has 1 saturated heterocycles. The summed E-state index contributed by atoms with van der Waals surface area (Å²) in [6.07, 6.45) is 0. The fraction of sp³-hybridized carbons (Fsp3) is 0.667. The van der Waals surface area contributed by atoms with E-state index >= 15 is 0 Å². The number of hydrogen-bond acceptors (Lipinski definition) is 3. The topological polar surface area (TPSA) is 50.4 Å². The molecule has 1 fully saturated rings. The lowest BCUT2D eigenvalue weighted by molar-refractivity contribution is -0.115. The molecule has 4 heteroatoms. The van der Waals surface area contributed by atoms with E-state index in [2.05, 4.69) is 22.5 Å². The zero-order chi connectivity index (χ0) is 9.52. The molecule has 1 amide bonds. The number of carbonyl (C=O) groups excluding carboxylic acids is 1. The monoisotopic (exact) mass is 182 g/mol. The van der Waals surface area contributed by atoms with Crippen LogP contribution in [0.3, 0.4) is 0 Å². The van der Waals surface area contributed by atoms with Crippen molar-refractivity contribution in [1.29, 1.82) is 0 Å². The van der Waals surface area contributed by atoms with Gasteiger partial charge in [-0.2, -0.15) is 0 Å². The van der Waals surface area contributed by atoms with Crippen molar-refractivity contribution in [2.45, 2.75) is 13.0 Å². The zero-order valence-electron chi connectivity index (χ0n) is 7.72. The molecule has 4 nitrogen and oxygen atoms in total. The standard InChI is InChI=1S/C9H14N2O2/c1-2-3-9(12)11-6-8-7-13-5-4-10-8/h8,10H,4-7H2,1H3,(H,11,12). The SMILES string of the molecule is CC#CC(=O)NCC1COCCN1. The summed E-state index contributed by atoms with van der Waals surface area (Å²) in [5.41, 5.74) is 0. The third-order valence-corrected chi connectivity index (χ3v) is 1.75. The van der Waals surface area contributed by atoms with Gasteiger partial charge >= 0.3 is 0 Å². The second-order valence-electron chi connectivity index (χ2n) is 2.81. The second kappa shape index (κ2) is 5.57. The molecule has 1 rings (SSSR count). The van der Waals surface area contributed by atoms with E-state index in [1.54, 1.807) is 6.92 Å². The van der Waals surface area contributed by atoms with E-state index in [9.17, 15) is 4.79 Å². The van der Waals surface area contributed by atoms with Gasteiger partial charge in [0, 0.05) is 19.1 Å². The van der Waals surface area contributed by atoms with E-state index in [1.165, 1.54) is 0 Å². The molecule has 0 aromatic heterocycles. The van der Waals surface area contributed by atoms with Crippen LogP contribution < -0.4 is 10.6 Å². The first-order valence-electron chi connectivity index (χ1n) is 4.34. The number of ether oxygens (including phenoxy) is 1. The lowest BCUT2D eigenvalue weighted by atomic mass is 10.3. The first kappa shape index (κ1) is 10.0. The Hall–Kier alpha value is -1.05. The van der Waals surface area contributed by atoms with Crippen LogP contribution in [0.2, 0.25) is 0 Å². The van der Waals surface area contributed by atoms with Crippen LogP contribution >= 0.6 is 0 Å². The van der Waals surface area contributed by atoms with Crippen molar-refractivity contribution in [3.8, 4) is 11.8 Å². The Morgan fingerprint density at radius 2 is 2.62 bits per heavy atom. The van der Waals surface area contributed by atoms with Crippen LogP contribution in [0.5, 0.6) is 0 Å². The Bertz CT molecular complexity index is 224. The third kappa shape index (κ3) is 3.92. The summed E-state index contributed by atoms with van der Waals surface area (Å²) in [6, 6.07) is 0.219. The molecular weight excluding hydrogens is 168 g/mol. The van der Waals surface area contributed by atoms with Crippen LogP contribution in [-0.2, 0) is 9.53 Å². The van der Waals surface area contributed by atoms with E-state index in [0.717, 1.165) is 13.2 Å². The summed E-state index contributed by atoms with van der Waals surface area (Å²) < 4.78 is 5.22. The van der Waals surface area contributed by atoms with Crippen LogP contribution in [0.15, 0.2) is 0 Å². The van der Waals surface area contributed by atoms with Gasteiger partial charge < -0.3 is 15.4 Å². The van der Waals surface area contributed by atoms with Gasteiger partial charge in [0.1, 0.15) is 0 Å². The Morgan fingerprint density at radius 3 is 3.23 bits per heavy atom. The maximum atomic E-state index is 10.9. The minimum atomic E-state index is -0.227. The largest absolute Gasteiger partial charge is 0.378 e. The van der Waals surface area contributed by atoms with Crippen molar-refractivity contribution in [1.82, 2.24) is 10.6 Å². The Kier molecular flexibility index (Phi) is 4.30. The van der Waals surface area contributed by atoms with Crippen LogP contribution in [0.25, 0.3) is 0 Å². The fourth-order valence-electron chi connectivity index (χ4n) is 1.12. The molecule has 1 unspecified atom stereocenters. The smallest absolute Gasteiger partial charge is 0.295 e. The fourth-order valence-corrected chi connectivity index (χ4v) is 1.12. The molecule has 0 bridgehead atoms. The molecule has 0 aromatic rings. The normalized spacial score (nSPS) is 21.5. The highest BCUT2D eigenvalue weighted by Gasteiger charge is 2.12. The van der Waals surface area contributed by atoms with E-state index in [-0.39, 0.29) is 11.9 Å². The molecule has 0 spiro atoms. The minimum absolute atomic E-state index is 0.219. The van der Waals surface area contributed by atoms with Crippen molar-refractivity contribution in [2.75, 3.05) is 26.3 Å². The molecule has 0 radical (unpaired) electrons. The highest BCUT2D eigenvalue weighted by molar-refractivity contribution is 5.93. The van der Waals surface area contributed by atoms with Crippen molar-refractivity contribution in [2.24, 2.45) is 0 Å². The molecule has 13 heavy (non-hydrogen) atoms. The zero-order valence-corrected chi connectivity index (χ0v) is 7.72. The average molecular weight is 182 g/mol. The highest BCUT2D eigenvalue weighted by Crippen LogP contribution is 1.90. The van der Waals surface area contributed by atoms with Crippen LogP contribution in [-0.4, -0.2) is 38.3 Å². The van der Waals surface area contributed by atoms with Gasteiger partial charge in [0.25, 0.3) is 5.91 Å². The first-order valence-corrected chi connectivity index (χ1v) is 4.34. The van der Waals surface area contributed by atoms with Gasteiger partial charge in [0.2, 0.25) is 0 Å². The van der Waals surface area contributed by atoms with Gasteiger partial charge in [-0.15, -0.1) is 0 Å². The molecule has 1 atom stereocenters. The van der Waals surface area contributed by atoms with Crippen LogP contribution in [0.1, 0.15) is 6.92 Å². The second-order valence-corrected chi connectivity index (χ2v) is 2.81. The van der Waals surface area contributed by atoms with Crippen molar-refractivity contribution < 1.29 is 9.53 Å². The van der Waals surface area contributed by atoms with Gasteiger partial charge in [0.15, 0.2) is 0 Å². The van der Waals surface area contributed by atoms with E-state index in [0.29, 0.717) is 13.2 Å². The molecule has 1 aliphatic heterocycles. The van der Waals surface area contributed by atoms with E-state index in [1.807, 2.05) is 0 Å². The van der Waals surface area contributed by atoms with Gasteiger partial charge in [0.05, 0.1) is 13.2 Å². The maximum absolute atomic E-state index is 10.9. The predicted molar refractivity (Wildman–Crippen MR) is 49.1 cm³/mol. The van der Waals surface area contributed by atoms with E-state index < -0.39 is 0 Å². The van der Waals surface area contributed by atoms with Crippen molar-refractivity contribution in [3.05, 3.63) is 0 Å². The highest BCUT2D eigenvalue weighted by atomic mass is 16.5. The Labute approximate surface area is 78.0 Å². The number of morpholine rings is 1. The molecule has 72 valence electrons. The molecule has 1 aliphatic rings. The molecule has 1 heterocycles. The summed E-state index contributed by atoms with van der Waals surface area (Å²) in [5.74, 6) is 4.73. The number of nitrogens with one attached hydrogen (secondary N) is 2. The number of rotatable bonds is 2. The van der Waals surface area contributed by atoms with Crippen molar-refractivity contribution >= 4 is 5.91 Å². The molecule has 0 aliphatic carbocycles. The first-order chi connectivity index (χ1) is 6.33. The maximum Gasteiger partial charge on any atom is 0.295 e. The number of carbonyl (C=O) groups is 1. The number of hydrogen-bond donors (Lipinski definition) is 2. The van der Waals surface area contributed by atoms with Gasteiger partial charge in [-0.3, -0.25) is 4.79 Å². The molecule has 0 aromatic carbocycles. The van der Waals surface area contributed by atoms with Crippen molar-refractivity contribution in [3.63, 3.8) is 0 Å².